The van der Waals surface area contributed by atoms with E-state index in [0.29, 0.717) is 5.41 Å². The summed E-state index contributed by atoms with van der Waals surface area (Å²) in [6.07, 6.45) is 2.12. The molecule has 0 spiro atoms. The minimum absolute atomic E-state index is 0.202. The van der Waals surface area contributed by atoms with Crippen molar-refractivity contribution in [3.05, 3.63) is 0 Å². The van der Waals surface area contributed by atoms with Crippen molar-refractivity contribution in [2.75, 3.05) is 26.8 Å². The Bertz CT molecular complexity index is 197. The zero-order valence-electron chi connectivity index (χ0n) is 12.6. The molecule has 0 fully saturated rings. The van der Waals surface area contributed by atoms with E-state index < -0.39 is 0 Å². The summed E-state index contributed by atoms with van der Waals surface area (Å²) in [5, 5.41) is 3.50. The van der Waals surface area contributed by atoms with Gasteiger partial charge < -0.3 is 15.8 Å². The second-order valence-corrected chi connectivity index (χ2v) is 6.84. The summed E-state index contributed by atoms with van der Waals surface area (Å²) in [5.74, 6) is 0. The number of methoxy groups -OCH3 is 1. The predicted molar refractivity (Wildman–Crippen MR) is 75.2 cm³/mol. The molecule has 3 nitrogen and oxygen atoms in total. The molecule has 0 aliphatic rings. The average Bonchev–Trinajstić information content (AvgIpc) is 2.20. The third kappa shape index (κ3) is 8.58. The Labute approximate surface area is 107 Å². The van der Waals surface area contributed by atoms with Crippen molar-refractivity contribution in [2.45, 2.75) is 53.5 Å². The van der Waals surface area contributed by atoms with Crippen LogP contribution in [0.3, 0.4) is 0 Å². The van der Waals surface area contributed by atoms with Crippen molar-refractivity contribution in [3.63, 3.8) is 0 Å². The largest absolute Gasteiger partial charge is 0.385 e. The zero-order valence-corrected chi connectivity index (χ0v) is 12.6. The van der Waals surface area contributed by atoms with Crippen molar-refractivity contribution >= 4 is 0 Å². The quantitative estimate of drug-likeness (QED) is 0.645. The highest BCUT2D eigenvalue weighted by atomic mass is 16.5. The summed E-state index contributed by atoms with van der Waals surface area (Å²) in [6.45, 7) is 14.0. The van der Waals surface area contributed by atoms with Gasteiger partial charge in [-0.25, -0.2) is 0 Å². The Balaban J connectivity index is 3.70. The summed E-state index contributed by atoms with van der Waals surface area (Å²) < 4.78 is 5.12. The lowest BCUT2D eigenvalue weighted by atomic mass is 9.85. The molecule has 0 radical (unpaired) electrons. The Morgan fingerprint density at radius 1 is 1.18 bits per heavy atom. The van der Waals surface area contributed by atoms with Gasteiger partial charge >= 0.3 is 0 Å². The SMILES string of the molecule is COCCC(C)(C)CNCCC(N)C(C)(C)C. The van der Waals surface area contributed by atoms with Crippen LogP contribution in [0.15, 0.2) is 0 Å². The number of hydrogen-bond donors (Lipinski definition) is 2. The van der Waals surface area contributed by atoms with E-state index in [1.165, 1.54) is 0 Å². The highest BCUT2D eigenvalue weighted by Crippen LogP contribution is 2.20. The molecule has 0 saturated carbocycles. The van der Waals surface area contributed by atoms with Gasteiger partial charge in [0, 0.05) is 26.3 Å². The molecule has 0 aromatic heterocycles. The molecule has 104 valence electrons. The lowest BCUT2D eigenvalue weighted by Gasteiger charge is -2.28. The van der Waals surface area contributed by atoms with E-state index in [-0.39, 0.29) is 11.5 Å². The molecule has 17 heavy (non-hydrogen) atoms. The smallest absolute Gasteiger partial charge is 0.0467 e. The molecular weight excluding hydrogens is 212 g/mol. The molecule has 3 N–H and O–H groups in total. The van der Waals surface area contributed by atoms with E-state index in [1.54, 1.807) is 7.11 Å². The summed E-state index contributed by atoms with van der Waals surface area (Å²) in [4.78, 5) is 0. The first-order valence-corrected chi connectivity index (χ1v) is 6.64. The zero-order chi connectivity index (χ0) is 13.5. The number of hydrogen-bond acceptors (Lipinski definition) is 3. The van der Waals surface area contributed by atoms with Crippen molar-refractivity contribution < 1.29 is 4.74 Å². The maximum absolute atomic E-state index is 6.12. The highest BCUT2D eigenvalue weighted by molar-refractivity contribution is 4.78. The molecule has 0 aromatic rings. The molecule has 1 atom stereocenters. The minimum Gasteiger partial charge on any atom is -0.385 e. The van der Waals surface area contributed by atoms with E-state index >= 15 is 0 Å². The normalized spacial score (nSPS) is 15.0. The van der Waals surface area contributed by atoms with Crippen LogP contribution in [0.2, 0.25) is 0 Å². The summed E-state index contributed by atoms with van der Waals surface area (Å²) in [7, 11) is 1.76. The highest BCUT2D eigenvalue weighted by Gasteiger charge is 2.21. The number of rotatable bonds is 8. The van der Waals surface area contributed by atoms with Crippen LogP contribution < -0.4 is 11.1 Å². The maximum Gasteiger partial charge on any atom is 0.0467 e. The van der Waals surface area contributed by atoms with E-state index in [9.17, 15) is 0 Å². The Kier molecular flexibility index (Phi) is 7.29. The van der Waals surface area contributed by atoms with Gasteiger partial charge in [-0.2, -0.15) is 0 Å². The van der Waals surface area contributed by atoms with E-state index in [4.69, 9.17) is 10.5 Å². The third-order valence-corrected chi connectivity index (χ3v) is 3.33. The van der Waals surface area contributed by atoms with Crippen molar-refractivity contribution in [1.82, 2.24) is 5.32 Å². The molecule has 0 heterocycles. The van der Waals surface area contributed by atoms with Crippen LogP contribution in [0.1, 0.15) is 47.5 Å². The van der Waals surface area contributed by atoms with Crippen LogP contribution in [0.5, 0.6) is 0 Å². The fraction of sp³-hybridized carbons (Fsp3) is 1.00. The molecule has 0 aliphatic heterocycles. The van der Waals surface area contributed by atoms with Crippen LogP contribution >= 0.6 is 0 Å². The Morgan fingerprint density at radius 3 is 2.24 bits per heavy atom. The van der Waals surface area contributed by atoms with Gasteiger partial charge in [-0.05, 0) is 30.2 Å². The number of nitrogens with one attached hydrogen (secondary N) is 1. The van der Waals surface area contributed by atoms with E-state index in [0.717, 1.165) is 32.5 Å². The molecule has 0 amide bonds. The first-order valence-electron chi connectivity index (χ1n) is 6.64. The average molecular weight is 244 g/mol. The van der Waals surface area contributed by atoms with E-state index in [1.807, 2.05) is 0 Å². The number of nitrogens with two attached hydrogens (primary N) is 1. The van der Waals surface area contributed by atoms with Crippen LogP contribution in [-0.2, 0) is 4.74 Å². The Hall–Kier alpha value is -0.120. The molecule has 0 aliphatic carbocycles. The first-order chi connectivity index (χ1) is 7.69. The van der Waals surface area contributed by atoms with Crippen molar-refractivity contribution in [3.8, 4) is 0 Å². The van der Waals surface area contributed by atoms with Gasteiger partial charge in [-0.3, -0.25) is 0 Å². The monoisotopic (exact) mass is 244 g/mol. The second-order valence-electron chi connectivity index (χ2n) is 6.84. The first kappa shape index (κ1) is 16.9. The third-order valence-electron chi connectivity index (χ3n) is 3.33. The fourth-order valence-corrected chi connectivity index (χ4v) is 1.58. The fourth-order valence-electron chi connectivity index (χ4n) is 1.58. The van der Waals surface area contributed by atoms with Crippen LogP contribution in [0, 0.1) is 10.8 Å². The second kappa shape index (κ2) is 7.34. The lowest BCUT2D eigenvalue weighted by Crippen LogP contribution is -2.39. The summed E-state index contributed by atoms with van der Waals surface area (Å²) in [5.41, 5.74) is 6.62. The molecular formula is C14H32N2O. The van der Waals surface area contributed by atoms with Crippen molar-refractivity contribution in [2.24, 2.45) is 16.6 Å². The molecule has 0 aromatic carbocycles. The summed E-state index contributed by atoms with van der Waals surface area (Å²) >= 11 is 0. The van der Waals surface area contributed by atoms with Crippen LogP contribution in [0.25, 0.3) is 0 Å². The molecule has 0 rings (SSSR count). The van der Waals surface area contributed by atoms with Gasteiger partial charge in [0.1, 0.15) is 0 Å². The van der Waals surface area contributed by atoms with Gasteiger partial charge in [0.05, 0.1) is 0 Å². The molecule has 3 heteroatoms. The van der Waals surface area contributed by atoms with Gasteiger partial charge in [0.2, 0.25) is 0 Å². The minimum atomic E-state index is 0.202. The number of ether oxygens (including phenoxy) is 1. The standard InChI is InChI=1S/C14H32N2O/c1-13(2,3)12(15)7-9-16-11-14(4,5)8-10-17-6/h12,16H,7-11,15H2,1-6H3. The predicted octanol–water partition coefficient (Wildman–Crippen LogP) is 2.40. The van der Waals surface area contributed by atoms with Gasteiger partial charge in [-0.1, -0.05) is 34.6 Å². The lowest BCUT2D eigenvalue weighted by molar-refractivity contribution is 0.150. The van der Waals surface area contributed by atoms with Crippen LogP contribution in [0.4, 0.5) is 0 Å². The van der Waals surface area contributed by atoms with Gasteiger partial charge in [0.25, 0.3) is 0 Å². The Morgan fingerprint density at radius 2 is 1.76 bits per heavy atom. The van der Waals surface area contributed by atoms with Crippen LogP contribution in [-0.4, -0.2) is 32.8 Å². The van der Waals surface area contributed by atoms with Gasteiger partial charge in [0.15, 0.2) is 0 Å². The van der Waals surface area contributed by atoms with E-state index in [2.05, 4.69) is 39.9 Å². The molecule has 1 unspecified atom stereocenters. The summed E-state index contributed by atoms with van der Waals surface area (Å²) in [6, 6.07) is 0.261. The molecule has 0 saturated heterocycles. The maximum atomic E-state index is 6.12. The van der Waals surface area contributed by atoms with Crippen molar-refractivity contribution in [1.29, 1.82) is 0 Å². The van der Waals surface area contributed by atoms with Gasteiger partial charge in [-0.15, -0.1) is 0 Å². The topological polar surface area (TPSA) is 47.3 Å². The molecule has 0 bridgehead atoms.